The SMILES string of the molecule is COc1ccc2c(c[n+]3c4c2ccc2c5c(cc(c24)CC3)OCO5)c1NCc1ccco1. The maximum Gasteiger partial charge on any atom is 0.231 e. The van der Waals surface area contributed by atoms with E-state index in [-0.39, 0.29) is 6.79 Å². The second-order valence-corrected chi connectivity index (χ2v) is 8.26. The second-order valence-electron chi connectivity index (χ2n) is 8.26. The highest BCUT2D eigenvalue weighted by molar-refractivity contribution is 6.18. The van der Waals surface area contributed by atoms with Crippen LogP contribution in [0.15, 0.2) is 59.3 Å². The number of aryl methyl sites for hydroxylation is 2. The van der Waals surface area contributed by atoms with Crippen molar-refractivity contribution in [3.63, 3.8) is 0 Å². The molecule has 0 unspecified atom stereocenters. The van der Waals surface area contributed by atoms with E-state index in [1.165, 1.54) is 27.2 Å². The summed E-state index contributed by atoms with van der Waals surface area (Å²) in [6, 6.07) is 14.6. The summed E-state index contributed by atoms with van der Waals surface area (Å²) in [6.07, 6.45) is 4.89. The number of nitrogens with zero attached hydrogens (tertiary/aromatic N) is 1. The normalized spacial score (nSPS) is 14.0. The Labute approximate surface area is 183 Å². The number of hydrogen-bond donors (Lipinski definition) is 1. The highest BCUT2D eigenvalue weighted by Gasteiger charge is 2.29. The molecule has 0 aliphatic carbocycles. The Bertz CT molecular complexity index is 1540. The van der Waals surface area contributed by atoms with Gasteiger partial charge in [-0.05, 0) is 48.0 Å². The molecule has 6 heteroatoms. The fourth-order valence-corrected chi connectivity index (χ4v) is 5.20. The van der Waals surface area contributed by atoms with Crippen molar-refractivity contribution in [3.05, 3.63) is 66.2 Å². The standard InChI is InChI=1S/C26H20N2O4/c1-29-21-7-6-17-18-4-5-19-23-15(11-22-26(19)32-14-31-22)8-9-28(25(18)23)13-20(17)24(21)27-12-16-3-2-10-30-16/h2-7,10-11,13H,8-9,12,14H2,1H3/p+1. The van der Waals surface area contributed by atoms with Crippen molar-refractivity contribution in [2.24, 2.45) is 0 Å². The summed E-state index contributed by atoms with van der Waals surface area (Å²) < 4.78 is 25.1. The minimum Gasteiger partial charge on any atom is -0.495 e. The molecule has 6 nitrogen and oxygen atoms in total. The number of rotatable bonds is 4. The number of benzene rings is 3. The molecule has 2 aromatic heterocycles. The summed E-state index contributed by atoms with van der Waals surface area (Å²) in [5.41, 5.74) is 3.54. The molecular weight excluding hydrogens is 404 g/mol. The lowest BCUT2D eigenvalue weighted by molar-refractivity contribution is -0.670. The van der Waals surface area contributed by atoms with Gasteiger partial charge in [-0.25, -0.2) is 0 Å². The minimum atomic E-state index is 0.286. The Morgan fingerprint density at radius 3 is 2.81 bits per heavy atom. The molecule has 4 heterocycles. The van der Waals surface area contributed by atoms with Crippen LogP contribution in [0, 0.1) is 0 Å². The van der Waals surface area contributed by atoms with E-state index in [0.29, 0.717) is 6.54 Å². The minimum absolute atomic E-state index is 0.286. The molecule has 7 rings (SSSR count). The lowest BCUT2D eigenvalue weighted by Crippen LogP contribution is -2.38. The van der Waals surface area contributed by atoms with Gasteiger partial charge in [0.05, 0.1) is 41.8 Å². The summed E-state index contributed by atoms with van der Waals surface area (Å²) in [7, 11) is 1.71. The zero-order chi connectivity index (χ0) is 21.2. The zero-order valence-corrected chi connectivity index (χ0v) is 17.6. The first-order valence-electron chi connectivity index (χ1n) is 10.8. The van der Waals surface area contributed by atoms with Crippen molar-refractivity contribution >= 4 is 38.1 Å². The number of hydrogen-bond acceptors (Lipinski definition) is 5. The van der Waals surface area contributed by atoms with Crippen LogP contribution in [-0.4, -0.2) is 13.9 Å². The molecule has 0 atom stereocenters. The van der Waals surface area contributed by atoms with Gasteiger partial charge in [0.1, 0.15) is 11.5 Å². The Hall–Kier alpha value is -3.93. The zero-order valence-electron chi connectivity index (χ0n) is 17.6. The Kier molecular flexibility index (Phi) is 3.62. The first kappa shape index (κ1) is 17.7. The van der Waals surface area contributed by atoms with Gasteiger partial charge in [-0.1, -0.05) is 0 Å². The van der Waals surface area contributed by atoms with E-state index in [1.807, 2.05) is 18.2 Å². The average Bonchev–Trinajstić information content (AvgIpc) is 3.52. The third kappa shape index (κ3) is 2.37. The summed E-state index contributed by atoms with van der Waals surface area (Å²) in [5, 5.41) is 9.47. The molecule has 158 valence electrons. The van der Waals surface area contributed by atoms with Crippen molar-refractivity contribution < 1.29 is 23.2 Å². The van der Waals surface area contributed by atoms with Crippen LogP contribution in [0.2, 0.25) is 0 Å². The predicted octanol–water partition coefficient (Wildman–Crippen LogP) is 4.93. The predicted molar refractivity (Wildman–Crippen MR) is 122 cm³/mol. The van der Waals surface area contributed by atoms with Gasteiger partial charge < -0.3 is 23.9 Å². The van der Waals surface area contributed by atoms with E-state index in [9.17, 15) is 0 Å². The monoisotopic (exact) mass is 425 g/mol. The first-order valence-corrected chi connectivity index (χ1v) is 10.8. The fourth-order valence-electron chi connectivity index (χ4n) is 5.20. The van der Waals surface area contributed by atoms with Gasteiger partial charge in [-0.15, -0.1) is 0 Å². The third-order valence-corrected chi connectivity index (χ3v) is 6.62. The number of ether oxygens (including phenoxy) is 3. The molecule has 0 spiro atoms. The molecule has 0 bridgehead atoms. The van der Waals surface area contributed by atoms with Gasteiger partial charge >= 0.3 is 0 Å². The van der Waals surface area contributed by atoms with Crippen molar-refractivity contribution in [2.75, 3.05) is 19.2 Å². The molecule has 32 heavy (non-hydrogen) atoms. The maximum atomic E-state index is 5.82. The number of nitrogens with one attached hydrogen (secondary N) is 1. The fraction of sp³-hybridized carbons (Fsp3) is 0.192. The quantitative estimate of drug-likeness (QED) is 0.327. The topological polar surface area (TPSA) is 56.7 Å². The highest BCUT2D eigenvalue weighted by atomic mass is 16.7. The van der Waals surface area contributed by atoms with Crippen LogP contribution in [0.1, 0.15) is 11.3 Å². The van der Waals surface area contributed by atoms with Crippen LogP contribution in [0.25, 0.3) is 32.4 Å². The Balaban J connectivity index is 1.52. The molecule has 2 aliphatic rings. The van der Waals surface area contributed by atoms with Crippen molar-refractivity contribution in [2.45, 2.75) is 19.5 Å². The van der Waals surface area contributed by atoms with Gasteiger partial charge in [0.2, 0.25) is 12.3 Å². The van der Waals surface area contributed by atoms with Crippen molar-refractivity contribution in [3.8, 4) is 17.2 Å². The van der Waals surface area contributed by atoms with E-state index in [0.717, 1.165) is 52.4 Å². The van der Waals surface area contributed by atoms with Crippen LogP contribution in [0.3, 0.4) is 0 Å². The molecule has 0 radical (unpaired) electrons. The van der Waals surface area contributed by atoms with Gasteiger partial charge in [0, 0.05) is 17.2 Å². The molecule has 1 N–H and O–H groups in total. The molecule has 0 saturated carbocycles. The van der Waals surface area contributed by atoms with E-state index in [4.69, 9.17) is 18.6 Å². The lowest BCUT2D eigenvalue weighted by atomic mass is 9.92. The smallest absolute Gasteiger partial charge is 0.231 e. The molecular formula is C26H21N2O4+. The van der Waals surface area contributed by atoms with Crippen molar-refractivity contribution in [1.82, 2.24) is 0 Å². The summed E-state index contributed by atoms with van der Waals surface area (Å²) in [6.45, 7) is 1.78. The summed E-state index contributed by atoms with van der Waals surface area (Å²) in [5.74, 6) is 3.41. The third-order valence-electron chi connectivity index (χ3n) is 6.62. The van der Waals surface area contributed by atoms with Gasteiger partial charge in [-0.3, -0.25) is 0 Å². The second kappa shape index (κ2) is 6.53. The van der Waals surface area contributed by atoms with Gasteiger partial charge in [0.25, 0.3) is 0 Å². The maximum absolute atomic E-state index is 5.82. The van der Waals surface area contributed by atoms with Crippen LogP contribution >= 0.6 is 0 Å². The van der Waals surface area contributed by atoms with Crippen molar-refractivity contribution in [1.29, 1.82) is 0 Å². The van der Waals surface area contributed by atoms with E-state index in [1.54, 1.807) is 13.4 Å². The lowest BCUT2D eigenvalue weighted by Gasteiger charge is -2.18. The summed E-state index contributed by atoms with van der Waals surface area (Å²) >= 11 is 0. The largest absolute Gasteiger partial charge is 0.495 e. The van der Waals surface area contributed by atoms with E-state index in [2.05, 4.69) is 40.3 Å². The molecule has 0 saturated heterocycles. The van der Waals surface area contributed by atoms with E-state index >= 15 is 0 Å². The number of pyridine rings is 1. The van der Waals surface area contributed by atoms with E-state index < -0.39 is 0 Å². The summed E-state index contributed by atoms with van der Waals surface area (Å²) in [4.78, 5) is 0. The van der Waals surface area contributed by atoms with Crippen LogP contribution in [0.5, 0.6) is 17.2 Å². The first-order chi connectivity index (χ1) is 15.8. The van der Waals surface area contributed by atoms with Crippen LogP contribution in [0.4, 0.5) is 5.69 Å². The Morgan fingerprint density at radius 1 is 1.03 bits per heavy atom. The number of aromatic nitrogens is 1. The van der Waals surface area contributed by atoms with Gasteiger partial charge in [0.15, 0.2) is 24.2 Å². The molecule has 3 aromatic carbocycles. The van der Waals surface area contributed by atoms with Crippen LogP contribution < -0.4 is 24.1 Å². The number of methoxy groups -OCH3 is 1. The average molecular weight is 425 g/mol. The molecule has 2 aliphatic heterocycles. The van der Waals surface area contributed by atoms with Gasteiger partial charge in [-0.2, -0.15) is 4.57 Å². The highest BCUT2D eigenvalue weighted by Crippen LogP contribution is 2.45. The molecule has 5 aromatic rings. The number of anilines is 1. The molecule has 0 fully saturated rings. The van der Waals surface area contributed by atoms with Crippen LogP contribution in [-0.2, 0) is 19.5 Å². The Morgan fingerprint density at radius 2 is 1.94 bits per heavy atom. The number of furan rings is 1. The molecule has 0 amide bonds. The number of fused-ring (bicyclic) bond motifs is 4.